The van der Waals surface area contributed by atoms with E-state index in [0.717, 1.165) is 22.0 Å². The van der Waals surface area contributed by atoms with Gasteiger partial charge in [-0.05, 0) is 43.0 Å². The number of amides is 1. The number of rotatable bonds is 7. The lowest BCUT2D eigenvalue weighted by Gasteiger charge is -2.13. The van der Waals surface area contributed by atoms with Crippen molar-refractivity contribution in [2.75, 3.05) is 18.5 Å². The normalized spacial score (nSPS) is 10.5. The van der Waals surface area contributed by atoms with Crippen molar-refractivity contribution >= 4 is 22.4 Å². The van der Waals surface area contributed by atoms with Gasteiger partial charge >= 0.3 is 0 Å². The predicted molar refractivity (Wildman–Crippen MR) is 105 cm³/mol. The average Bonchev–Trinajstić information content (AvgIpc) is 2.64. The molecule has 3 rings (SSSR count). The molecule has 3 aromatic rings. The second kappa shape index (κ2) is 8.39. The van der Waals surface area contributed by atoms with Gasteiger partial charge in [-0.2, -0.15) is 0 Å². The molecule has 0 unspecified atom stereocenters. The molecule has 1 amide bonds. The summed E-state index contributed by atoms with van der Waals surface area (Å²) in [5, 5.41) is 5.15. The molecule has 0 saturated carbocycles. The lowest BCUT2D eigenvalue weighted by Crippen LogP contribution is -2.14. The third kappa shape index (κ3) is 4.14. The first-order valence-electron chi connectivity index (χ1n) is 8.87. The van der Waals surface area contributed by atoms with Crippen LogP contribution in [0.1, 0.15) is 19.4 Å². The Labute approximate surface area is 153 Å². The highest BCUT2D eigenvalue weighted by atomic mass is 16.5. The molecule has 3 aromatic carbocycles. The van der Waals surface area contributed by atoms with Crippen LogP contribution >= 0.6 is 0 Å². The zero-order valence-corrected chi connectivity index (χ0v) is 15.1. The van der Waals surface area contributed by atoms with E-state index >= 15 is 0 Å². The second-order valence-electron chi connectivity index (χ2n) is 5.90. The molecule has 4 heteroatoms. The minimum absolute atomic E-state index is 0.0621. The van der Waals surface area contributed by atoms with Crippen LogP contribution in [0.3, 0.4) is 0 Å². The molecule has 0 heterocycles. The van der Waals surface area contributed by atoms with Crippen LogP contribution in [0.25, 0.3) is 10.8 Å². The summed E-state index contributed by atoms with van der Waals surface area (Å²) in [4.78, 5) is 12.5. The molecule has 0 spiro atoms. The number of nitrogens with one attached hydrogen (secondary N) is 1. The monoisotopic (exact) mass is 349 g/mol. The van der Waals surface area contributed by atoms with Crippen LogP contribution in [0.15, 0.2) is 60.7 Å². The largest absolute Gasteiger partial charge is 0.490 e. The quantitative estimate of drug-likeness (QED) is 0.665. The Morgan fingerprint density at radius 2 is 1.62 bits per heavy atom. The van der Waals surface area contributed by atoms with Crippen LogP contribution < -0.4 is 14.8 Å². The summed E-state index contributed by atoms with van der Waals surface area (Å²) in [6, 6.07) is 19.5. The van der Waals surface area contributed by atoms with Crippen LogP contribution in [-0.4, -0.2) is 19.1 Å². The molecule has 4 nitrogen and oxygen atoms in total. The lowest BCUT2D eigenvalue weighted by atomic mass is 10.1. The van der Waals surface area contributed by atoms with E-state index in [-0.39, 0.29) is 12.3 Å². The van der Waals surface area contributed by atoms with Crippen molar-refractivity contribution < 1.29 is 14.3 Å². The van der Waals surface area contributed by atoms with Crippen LogP contribution in [0, 0.1) is 0 Å². The summed E-state index contributed by atoms with van der Waals surface area (Å²) in [5.41, 5.74) is 1.71. The Hall–Kier alpha value is -3.01. The topological polar surface area (TPSA) is 47.6 Å². The average molecular weight is 349 g/mol. The van der Waals surface area contributed by atoms with Gasteiger partial charge in [-0.15, -0.1) is 0 Å². The van der Waals surface area contributed by atoms with Crippen LogP contribution in [0.5, 0.6) is 11.5 Å². The molecular weight excluding hydrogens is 326 g/mol. The van der Waals surface area contributed by atoms with E-state index in [1.165, 1.54) is 0 Å². The Balaban J connectivity index is 1.76. The fraction of sp³-hybridized carbons (Fsp3) is 0.227. The van der Waals surface area contributed by atoms with E-state index in [9.17, 15) is 4.79 Å². The molecule has 0 radical (unpaired) electrons. The van der Waals surface area contributed by atoms with Gasteiger partial charge in [0.25, 0.3) is 0 Å². The highest BCUT2D eigenvalue weighted by Crippen LogP contribution is 2.29. The number of fused-ring (bicyclic) bond motifs is 1. The van der Waals surface area contributed by atoms with Crippen LogP contribution in [0.2, 0.25) is 0 Å². The zero-order chi connectivity index (χ0) is 18.4. The van der Waals surface area contributed by atoms with Gasteiger partial charge in [0.05, 0.1) is 19.6 Å². The standard InChI is InChI=1S/C22H23NO3/c1-3-25-20-13-12-16(14-21(20)26-4-2)15-22(24)23-19-11-7-9-17-8-5-6-10-18(17)19/h5-14H,3-4,15H2,1-2H3,(H,23,24). The lowest BCUT2D eigenvalue weighted by molar-refractivity contribution is -0.115. The Morgan fingerprint density at radius 1 is 0.885 bits per heavy atom. The molecule has 0 aliphatic heterocycles. The van der Waals surface area contributed by atoms with Gasteiger partial charge < -0.3 is 14.8 Å². The summed E-state index contributed by atoms with van der Waals surface area (Å²) in [6.45, 7) is 4.98. The number of benzene rings is 3. The molecule has 1 N–H and O–H groups in total. The number of ether oxygens (including phenoxy) is 2. The van der Waals surface area contributed by atoms with Crippen molar-refractivity contribution in [1.29, 1.82) is 0 Å². The molecule has 0 aliphatic carbocycles. The van der Waals surface area contributed by atoms with Gasteiger partial charge in [-0.3, -0.25) is 4.79 Å². The van der Waals surface area contributed by atoms with Gasteiger partial charge in [-0.1, -0.05) is 42.5 Å². The molecule has 0 saturated heterocycles. The van der Waals surface area contributed by atoms with Crippen molar-refractivity contribution in [3.63, 3.8) is 0 Å². The maximum absolute atomic E-state index is 12.5. The van der Waals surface area contributed by atoms with Crippen molar-refractivity contribution in [1.82, 2.24) is 0 Å². The number of hydrogen-bond acceptors (Lipinski definition) is 3. The molecular formula is C22H23NO3. The summed E-state index contributed by atoms with van der Waals surface area (Å²) < 4.78 is 11.2. The van der Waals surface area contributed by atoms with Gasteiger partial charge in [0.2, 0.25) is 5.91 Å². The van der Waals surface area contributed by atoms with Crippen molar-refractivity contribution in [2.24, 2.45) is 0 Å². The Kier molecular flexibility index (Phi) is 5.74. The minimum Gasteiger partial charge on any atom is -0.490 e. The second-order valence-corrected chi connectivity index (χ2v) is 5.90. The minimum atomic E-state index is -0.0621. The Morgan fingerprint density at radius 3 is 2.42 bits per heavy atom. The summed E-state index contributed by atoms with van der Waals surface area (Å²) >= 11 is 0. The first-order chi connectivity index (χ1) is 12.7. The first kappa shape index (κ1) is 17.8. The first-order valence-corrected chi connectivity index (χ1v) is 8.87. The van der Waals surface area contributed by atoms with E-state index in [2.05, 4.69) is 5.32 Å². The van der Waals surface area contributed by atoms with E-state index < -0.39 is 0 Å². The van der Waals surface area contributed by atoms with Gasteiger partial charge in [0.1, 0.15) is 0 Å². The summed E-state index contributed by atoms with van der Waals surface area (Å²) in [5.74, 6) is 1.31. The fourth-order valence-corrected chi connectivity index (χ4v) is 2.92. The third-order valence-electron chi connectivity index (χ3n) is 4.04. The molecule has 0 aromatic heterocycles. The van der Waals surface area contributed by atoms with E-state index in [1.54, 1.807) is 0 Å². The van der Waals surface area contributed by atoms with Gasteiger partial charge in [0, 0.05) is 11.1 Å². The van der Waals surface area contributed by atoms with E-state index in [4.69, 9.17) is 9.47 Å². The fourth-order valence-electron chi connectivity index (χ4n) is 2.92. The molecule has 0 bridgehead atoms. The van der Waals surface area contributed by atoms with Crippen LogP contribution in [0.4, 0.5) is 5.69 Å². The Bertz CT molecular complexity index is 900. The van der Waals surface area contributed by atoms with Gasteiger partial charge in [0.15, 0.2) is 11.5 Å². The zero-order valence-electron chi connectivity index (χ0n) is 15.1. The highest BCUT2D eigenvalue weighted by molar-refractivity contribution is 6.02. The number of hydrogen-bond donors (Lipinski definition) is 1. The molecule has 26 heavy (non-hydrogen) atoms. The van der Waals surface area contributed by atoms with Crippen molar-refractivity contribution in [3.05, 3.63) is 66.2 Å². The highest BCUT2D eigenvalue weighted by Gasteiger charge is 2.10. The number of anilines is 1. The number of carbonyl (C=O) groups excluding carboxylic acids is 1. The molecule has 134 valence electrons. The van der Waals surface area contributed by atoms with Gasteiger partial charge in [-0.25, -0.2) is 0 Å². The number of carbonyl (C=O) groups is 1. The molecule has 0 aliphatic rings. The summed E-state index contributed by atoms with van der Waals surface area (Å²) in [6.07, 6.45) is 0.274. The third-order valence-corrected chi connectivity index (χ3v) is 4.04. The van der Waals surface area contributed by atoms with Crippen LogP contribution in [-0.2, 0) is 11.2 Å². The molecule has 0 fully saturated rings. The maximum Gasteiger partial charge on any atom is 0.228 e. The smallest absolute Gasteiger partial charge is 0.228 e. The summed E-state index contributed by atoms with van der Waals surface area (Å²) in [7, 11) is 0. The SMILES string of the molecule is CCOc1ccc(CC(=O)Nc2cccc3ccccc23)cc1OCC. The predicted octanol–water partition coefficient (Wildman–Crippen LogP) is 4.82. The molecule has 0 atom stereocenters. The van der Waals surface area contributed by atoms with E-state index in [1.807, 2.05) is 74.5 Å². The van der Waals surface area contributed by atoms with E-state index in [0.29, 0.717) is 24.7 Å². The van der Waals surface area contributed by atoms with Crippen molar-refractivity contribution in [2.45, 2.75) is 20.3 Å². The van der Waals surface area contributed by atoms with Crippen molar-refractivity contribution in [3.8, 4) is 11.5 Å². The maximum atomic E-state index is 12.5.